The fraction of sp³-hybridized carbons (Fsp3) is 0.0714. The molecule has 2 aromatic heterocycles. The van der Waals surface area contributed by atoms with Crippen LogP contribution in [0.2, 0.25) is 5.02 Å². The summed E-state index contributed by atoms with van der Waals surface area (Å²) in [6.45, 7) is 0. The van der Waals surface area contributed by atoms with Crippen LogP contribution in [0.1, 0.15) is 0 Å². The lowest BCUT2D eigenvalue weighted by Gasteiger charge is -2.04. The van der Waals surface area contributed by atoms with Crippen LogP contribution in [0.5, 0.6) is 5.75 Å². The number of pyridine rings is 1. The number of hydrogen-bond donors (Lipinski definition) is 1. The maximum Gasteiger partial charge on any atom is 0.258 e. The van der Waals surface area contributed by atoms with Gasteiger partial charge in [-0.2, -0.15) is 4.98 Å². The van der Waals surface area contributed by atoms with Crippen LogP contribution in [0.15, 0.2) is 41.1 Å². The molecule has 0 aliphatic heterocycles. The van der Waals surface area contributed by atoms with Crippen LogP contribution in [-0.4, -0.2) is 22.2 Å². The summed E-state index contributed by atoms with van der Waals surface area (Å²) < 4.78 is 10.5. The zero-order chi connectivity index (χ0) is 14.8. The van der Waals surface area contributed by atoms with Gasteiger partial charge >= 0.3 is 0 Å². The Morgan fingerprint density at radius 1 is 1.24 bits per heavy atom. The zero-order valence-corrected chi connectivity index (χ0v) is 11.8. The smallest absolute Gasteiger partial charge is 0.258 e. The van der Waals surface area contributed by atoms with E-state index in [0.29, 0.717) is 39.4 Å². The molecule has 106 valence electrons. The van der Waals surface area contributed by atoms with Crippen molar-refractivity contribution in [2.75, 3.05) is 12.8 Å². The maximum atomic E-state index is 5.94. The number of methoxy groups -OCH3 is 1. The van der Waals surface area contributed by atoms with Crippen LogP contribution in [0.4, 0.5) is 5.82 Å². The molecular formula is C14H11ClN4O2. The van der Waals surface area contributed by atoms with Gasteiger partial charge in [0.15, 0.2) is 0 Å². The van der Waals surface area contributed by atoms with Gasteiger partial charge in [-0.1, -0.05) is 16.8 Å². The summed E-state index contributed by atoms with van der Waals surface area (Å²) >= 11 is 5.94. The van der Waals surface area contributed by atoms with E-state index in [1.165, 1.54) is 0 Å². The highest BCUT2D eigenvalue weighted by Gasteiger charge is 2.15. The van der Waals surface area contributed by atoms with E-state index < -0.39 is 0 Å². The van der Waals surface area contributed by atoms with Crippen LogP contribution in [-0.2, 0) is 0 Å². The van der Waals surface area contributed by atoms with E-state index in [1.54, 1.807) is 43.6 Å². The Hall–Kier alpha value is -2.60. The predicted molar refractivity (Wildman–Crippen MR) is 78.9 cm³/mol. The zero-order valence-electron chi connectivity index (χ0n) is 11.1. The number of nitrogen functional groups attached to an aromatic ring is 1. The van der Waals surface area contributed by atoms with Crippen molar-refractivity contribution in [3.05, 3.63) is 41.6 Å². The van der Waals surface area contributed by atoms with Crippen LogP contribution in [0.3, 0.4) is 0 Å². The average Bonchev–Trinajstić information content (AvgIpc) is 2.96. The van der Waals surface area contributed by atoms with Gasteiger partial charge in [0.1, 0.15) is 11.6 Å². The summed E-state index contributed by atoms with van der Waals surface area (Å²) in [7, 11) is 1.56. The molecule has 0 aliphatic rings. The highest BCUT2D eigenvalue weighted by Crippen LogP contribution is 2.31. The third-order valence-corrected chi connectivity index (χ3v) is 3.09. The molecule has 0 radical (unpaired) electrons. The van der Waals surface area contributed by atoms with Gasteiger partial charge < -0.3 is 15.0 Å². The number of nitrogens with two attached hydrogens (primary N) is 1. The summed E-state index contributed by atoms with van der Waals surface area (Å²) in [5.74, 6) is 1.73. The van der Waals surface area contributed by atoms with Crippen molar-refractivity contribution >= 4 is 17.4 Å². The van der Waals surface area contributed by atoms with Gasteiger partial charge in [-0.25, -0.2) is 4.98 Å². The standard InChI is InChI=1S/C14H11ClN4O2/c1-20-11-7-9(15)2-3-10(11)13-18-14(21-19-13)8-4-5-17-12(16)6-8/h2-7H,1H3,(H2,16,17). The van der Waals surface area contributed by atoms with Crippen molar-refractivity contribution in [2.45, 2.75) is 0 Å². The third-order valence-electron chi connectivity index (χ3n) is 2.86. The molecule has 0 atom stereocenters. The molecule has 2 N–H and O–H groups in total. The van der Waals surface area contributed by atoms with Crippen molar-refractivity contribution < 1.29 is 9.26 Å². The molecule has 0 bridgehead atoms. The van der Waals surface area contributed by atoms with E-state index in [-0.39, 0.29) is 0 Å². The lowest BCUT2D eigenvalue weighted by atomic mass is 10.2. The van der Waals surface area contributed by atoms with E-state index in [0.717, 1.165) is 0 Å². The van der Waals surface area contributed by atoms with Crippen LogP contribution in [0.25, 0.3) is 22.8 Å². The fourth-order valence-electron chi connectivity index (χ4n) is 1.88. The van der Waals surface area contributed by atoms with E-state index in [9.17, 15) is 0 Å². The normalized spacial score (nSPS) is 10.6. The first-order chi connectivity index (χ1) is 10.2. The molecule has 0 aliphatic carbocycles. The van der Waals surface area contributed by atoms with Crippen molar-refractivity contribution in [3.63, 3.8) is 0 Å². The largest absolute Gasteiger partial charge is 0.496 e. The first-order valence-corrected chi connectivity index (χ1v) is 6.44. The molecule has 7 heteroatoms. The fourth-order valence-corrected chi connectivity index (χ4v) is 2.04. The molecule has 1 aromatic carbocycles. The monoisotopic (exact) mass is 302 g/mol. The van der Waals surface area contributed by atoms with Gasteiger partial charge in [0.25, 0.3) is 5.89 Å². The minimum Gasteiger partial charge on any atom is -0.496 e. The van der Waals surface area contributed by atoms with E-state index in [1.807, 2.05) is 0 Å². The van der Waals surface area contributed by atoms with Crippen molar-refractivity contribution in [3.8, 4) is 28.6 Å². The van der Waals surface area contributed by atoms with Crippen LogP contribution < -0.4 is 10.5 Å². The third kappa shape index (κ3) is 2.66. The van der Waals surface area contributed by atoms with Gasteiger partial charge in [-0.15, -0.1) is 0 Å². The minimum atomic E-state index is 0.358. The molecular weight excluding hydrogens is 292 g/mol. The molecule has 3 aromatic rings. The minimum absolute atomic E-state index is 0.358. The van der Waals surface area contributed by atoms with Gasteiger partial charge in [-0.3, -0.25) is 0 Å². The predicted octanol–water partition coefficient (Wildman–Crippen LogP) is 3.04. The number of halogens is 1. The highest BCUT2D eigenvalue weighted by atomic mass is 35.5. The number of aromatic nitrogens is 3. The summed E-state index contributed by atoms with van der Waals surface area (Å²) in [6.07, 6.45) is 1.58. The summed E-state index contributed by atoms with van der Waals surface area (Å²) in [5, 5.41) is 4.53. The van der Waals surface area contributed by atoms with Crippen molar-refractivity contribution in [1.29, 1.82) is 0 Å². The summed E-state index contributed by atoms with van der Waals surface area (Å²) in [6, 6.07) is 8.61. The number of ether oxygens (including phenoxy) is 1. The SMILES string of the molecule is COc1cc(Cl)ccc1-c1noc(-c2ccnc(N)c2)n1. The van der Waals surface area contributed by atoms with E-state index >= 15 is 0 Å². The second kappa shape index (κ2) is 5.41. The molecule has 3 rings (SSSR count). The summed E-state index contributed by atoms with van der Waals surface area (Å²) in [5.41, 5.74) is 7.04. The quantitative estimate of drug-likeness (QED) is 0.800. The van der Waals surface area contributed by atoms with Crippen LogP contribution >= 0.6 is 11.6 Å². The Bertz CT molecular complexity index is 788. The van der Waals surface area contributed by atoms with Gasteiger partial charge in [0.2, 0.25) is 5.82 Å². The van der Waals surface area contributed by atoms with Gasteiger partial charge in [0, 0.05) is 16.8 Å². The molecule has 21 heavy (non-hydrogen) atoms. The molecule has 0 spiro atoms. The van der Waals surface area contributed by atoms with Gasteiger partial charge in [0.05, 0.1) is 12.7 Å². The van der Waals surface area contributed by atoms with Crippen molar-refractivity contribution in [2.24, 2.45) is 0 Å². The topological polar surface area (TPSA) is 87.1 Å². The Morgan fingerprint density at radius 3 is 2.86 bits per heavy atom. The number of anilines is 1. The Morgan fingerprint density at radius 2 is 2.10 bits per heavy atom. The second-order valence-electron chi connectivity index (χ2n) is 4.24. The Kier molecular flexibility index (Phi) is 3.45. The number of hydrogen-bond acceptors (Lipinski definition) is 6. The second-order valence-corrected chi connectivity index (χ2v) is 4.67. The van der Waals surface area contributed by atoms with E-state index in [4.69, 9.17) is 26.6 Å². The lowest BCUT2D eigenvalue weighted by molar-refractivity contribution is 0.413. The van der Waals surface area contributed by atoms with Gasteiger partial charge in [-0.05, 0) is 30.3 Å². The van der Waals surface area contributed by atoms with Crippen LogP contribution in [0, 0.1) is 0 Å². The lowest BCUT2D eigenvalue weighted by Crippen LogP contribution is -1.90. The number of benzene rings is 1. The highest BCUT2D eigenvalue weighted by molar-refractivity contribution is 6.30. The molecule has 0 fully saturated rings. The summed E-state index contributed by atoms with van der Waals surface area (Å²) in [4.78, 5) is 8.27. The van der Waals surface area contributed by atoms with E-state index in [2.05, 4.69) is 15.1 Å². The average molecular weight is 303 g/mol. The number of rotatable bonds is 3. The first-order valence-electron chi connectivity index (χ1n) is 6.07. The van der Waals surface area contributed by atoms with Crippen molar-refractivity contribution in [1.82, 2.24) is 15.1 Å². The Balaban J connectivity index is 2.02. The molecule has 2 heterocycles. The first kappa shape index (κ1) is 13.4. The molecule has 0 amide bonds. The molecule has 0 saturated heterocycles. The molecule has 6 nitrogen and oxygen atoms in total. The molecule has 0 saturated carbocycles. The number of nitrogens with zero attached hydrogens (tertiary/aromatic N) is 3. The maximum absolute atomic E-state index is 5.94. The Labute approximate surface area is 125 Å². The molecule has 0 unspecified atom stereocenters.